The van der Waals surface area contributed by atoms with Gasteiger partial charge in [0.05, 0.1) is 17.6 Å². The van der Waals surface area contributed by atoms with E-state index in [1.165, 1.54) is 12.8 Å². The lowest BCUT2D eigenvalue weighted by Gasteiger charge is -2.33. The second-order valence-electron chi connectivity index (χ2n) is 5.91. The van der Waals surface area contributed by atoms with Crippen molar-refractivity contribution in [1.82, 2.24) is 4.90 Å². The molecule has 1 aliphatic heterocycles. The summed E-state index contributed by atoms with van der Waals surface area (Å²) in [7, 11) is -3.46. The average Bonchev–Trinajstić information content (AvgIpc) is 3.23. The van der Waals surface area contributed by atoms with Gasteiger partial charge in [-0.05, 0) is 12.8 Å². The molecule has 0 radical (unpaired) electrons. The van der Waals surface area contributed by atoms with Crippen LogP contribution in [0, 0.1) is 10.1 Å². The zero-order valence-corrected chi connectivity index (χ0v) is 14.4. The molecule has 8 nitrogen and oxygen atoms in total. The fourth-order valence-corrected chi connectivity index (χ4v) is 4.59. The normalized spacial score (nSPS) is 22.9. The third-order valence-electron chi connectivity index (χ3n) is 3.98. The molecule has 2 aliphatic rings. The second kappa shape index (κ2) is 6.34. The van der Waals surface area contributed by atoms with Gasteiger partial charge in [-0.1, -0.05) is 11.3 Å². The highest BCUT2D eigenvalue weighted by Crippen LogP contribution is 2.37. The van der Waals surface area contributed by atoms with Crippen LogP contribution in [0.1, 0.15) is 12.8 Å². The van der Waals surface area contributed by atoms with E-state index in [1.807, 2.05) is 0 Å². The predicted molar refractivity (Wildman–Crippen MR) is 86.9 cm³/mol. The Kier molecular flexibility index (Phi) is 4.59. The molecule has 1 saturated carbocycles. The average molecular weight is 361 g/mol. The van der Waals surface area contributed by atoms with Crippen LogP contribution in [0.3, 0.4) is 0 Å². The van der Waals surface area contributed by atoms with Crippen molar-refractivity contribution in [1.29, 1.82) is 0 Å². The summed E-state index contributed by atoms with van der Waals surface area (Å²) in [4.78, 5) is 12.9. The number of nitrogens with zero attached hydrogens (tertiary/aromatic N) is 2. The van der Waals surface area contributed by atoms with Crippen molar-refractivity contribution >= 4 is 31.9 Å². The van der Waals surface area contributed by atoms with Gasteiger partial charge in [-0.2, -0.15) is 0 Å². The van der Waals surface area contributed by atoms with Crippen molar-refractivity contribution in [3.63, 3.8) is 0 Å². The number of rotatable bonds is 6. The minimum Gasteiger partial charge on any atom is -0.374 e. The number of thiophene rings is 1. The molecular formula is C13H19N3O5S2. The van der Waals surface area contributed by atoms with Crippen molar-refractivity contribution in [2.24, 2.45) is 0 Å². The lowest BCUT2D eigenvalue weighted by Crippen LogP contribution is -2.46. The van der Waals surface area contributed by atoms with E-state index in [2.05, 4.69) is 10.2 Å². The fourth-order valence-electron chi connectivity index (χ4n) is 2.65. The van der Waals surface area contributed by atoms with Gasteiger partial charge in [-0.25, -0.2) is 8.42 Å². The maximum Gasteiger partial charge on any atom is 0.304 e. The van der Waals surface area contributed by atoms with Crippen molar-refractivity contribution in [3.8, 4) is 0 Å². The highest BCUT2D eigenvalue weighted by atomic mass is 32.2. The van der Waals surface area contributed by atoms with E-state index in [9.17, 15) is 18.5 Å². The zero-order chi connectivity index (χ0) is 16.6. The number of sulfone groups is 1. The Labute approximate surface area is 138 Å². The molecule has 23 heavy (non-hydrogen) atoms. The molecule has 10 heteroatoms. The number of morpholine rings is 1. The molecule has 2 heterocycles. The van der Waals surface area contributed by atoms with Crippen LogP contribution >= 0.6 is 11.3 Å². The molecule has 1 saturated heterocycles. The van der Waals surface area contributed by atoms with Gasteiger partial charge in [-0.3, -0.25) is 15.0 Å². The maximum atomic E-state index is 11.6. The molecule has 1 aromatic heterocycles. The van der Waals surface area contributed by atoms with Crippen LogP contribution < -0.4 is 5.32 Å². The molecule has 0 bridgehead atoms. The molecule has 1 unspecified atom stereocenters. The second-order valence-corrected chi connectivity index (χ2v) is 9.20. The Morgan fingerprint density at radius 2 is 2.26 bits per heavy atom. The van der Waals surface area contributed by atoms with E-state index in [4.69, 9.17) is 4.74 Å². The number of ether oxygens (including phenoxy) is 1. The highest BCUT2D eigenvalue weighted by molar-refractivity contribution is 7.92. The summed E-state index contributed by atoms with van der Waals surface area (Å²) in [5, 5.41) is 14.4. The summed E-state index contributed by atoms with van der Waals surface area (Å²) in [5.41, 5.74) is -0.203. The predicted octanol–water partition coefficient (Wildman–Crippen LogP) is 1.33. The van der Waals surface area contributed by atoms with Crippen molar-refractivity contribution in [2.75, 3.05) is 37.8 Å². The number of hydrogen-bond acceptors (Lipinski definition) is 8. The van der Waals surface area contributed by atoms with Crippen LogP contribution in [0.2, 0.25) is 0 Å². The van der Waals surface area contributed by atoms with E-state index in [0.717, 1.165) is 36.7 Å². The quantitative estimate of drug-likeness (QED) is 0.602. The van der Waals surface area contributed by atoms with E-state index >= 15 is 0 Å². The van der Waals surface area contributed by atoms with Gasteiger partial charge in [0, 0.05) is 38.0 Å². The number of nitrogens with one attached hydrogen (secondary N) is 1. The molecule has 0 amide bonds. The van der Waals surface area contributed by atoms with E-state index in [-0.39, 0.29) is 21.0 Å². The molecule has 0 spiro atoms. The summed E-state index contributed by atoms with van der Waals surface area (Å²) < 4.78 is 28.9. The van der Waals surface area contributed by atoms with Crippen LogP contribution in [0.25, 0.3) is 0 Å². The Morgan fingerprint density at radius 1 is 1.52 bits per heavy atom. The van der Waals surface area contributed by atoms with Gasteiger partial charge in [0.1, 0.15) is 4.21 Å². The summed E-state index contributed by atoms with van der Waals surface area (Å²) in [6, 6.07) is 1.77. The number of hydrogen-bond donors (Lipinski definition) is 1. The summed E-state index contributed by atoms with van der Waals surface area (Å²) >= 11 is 0.893. The number of anilines is 1. The smallest absolute Gasteiger partial charge is 0.304 e. The first-order chi connectivity index (χ1) is 10.8. The lowest BCUT2D eigenvalue weighted by atomic mass is 10.2. The molecule has 0 aromatic carbocycles. The van der Waals surface area contributed by atoms with E-state index < -0.39 is 14.8 Å². The van der Waals surface area contributed by atoms with Crippen molar-refractivity contribution < 1.29 is 18.1 Å². The van der Waals surface area contributed by atoms with Crippen LogP contribution in [0.5, 0.6) is 0 Å². The van der Waals surface area contributed by atoms with Gasteiger partial charge in [0.2, 0.25) is 0 Å². The topological polar surface area (TPSA) is 102 Å². The van der Waals surface area contributed by atoms with Gasteiger partial charge < -0.3 is 10.1 Å². The molecule has 128 valence electrons. The Hall–Kier alpha value is -1.23. The first-order valence-electron chi connectivity index (χ1n) is 7.42. The minimum atomic E-state index is -3.46. The lowest BCUT2D eigenvalue weighted by molar-refractivity contribution is -0.383. The maximum absolute atomic E-state index is 11.6. The van der Waals surface area contributed by atoms with Gasteiger partial charge in [-0.15, -0.1) is 0 Å². The molecule has 1 atom stereocenters. The standard InChI is InChI=1S/C13H19N3O5S2/c1-23(19,20)12-6-11(16(17)18)13(22-12)14-7-10-8-15(4-5-21-10)9-2-3-9/h6,9-10,14H,2-5,7-8H2,1H3. The highest BCUT2D eigenvalue weighted by Gasteiger charge is 2.33. The Bertz CT molecular complexity index is 698. The van der Waals surface area contributed by atoms with Gasteiger partial charge in [0.15, 0.2) is 14.8 Å². The van der Waals surface area contributed by atoms with Crippen LogP contribution in [0.4, 0.5) is 10.7 Å². The van der Waals surface area contributed by atoms with Crippen LogP contribution in [0.15, 0.2) is 10.3 Å². The largest absolute Gasteiger partial charge is 0.374 e. The molecule has 1 aromatic rings. The molecular weight excluding hydrogens is 342 g/mol. The summed E-state index contributed by atoms with van der Waals surface area (Å²) in [6.45, 7) is 2.81. The van der Waals surface area contributed by atoms with E-state index in [0.29, 0.717) is 19.2 Å². The van der Waals surface area contributed by atoms with Gasteiger partial charge in [0.25, 0.3) is 0 Å². The minimum absolute atomic E-state index is 0.00382. The van der Waals surface area contributed by atoms with Crippen molar-refractivity contribution in [2.45, 2.75) is 29.2 Å². The summed E-state index contributed by atoms with van der Waals surface area (Å²) in [6.07, 6.45) is 3.46. The monoisotopic (exact) mass is 361 g/mol. The fraction of sp³-hybridized carbons (Fsp3) is 0.692. The first kappa shape index (κ1) is 16.6. The van der Waals surface area contributed by atoms with Gasteiger partial charge >= 0.3 is 5.69 Å². The molecule has 3 rings (SSSR count). The molecule has 1 aliphatic carbocycles. The Morgan fingerprint density at radius 3 is 2.87 bits per heavy atom. The van der Waals surface area contributed by atoms with Crippen LogP contribution in [-0.2, 0) is 14.6 Å². The molecule has 1 N–H and O–H groups in total. The number of nitro groups is 1. The first-order valence-corrected chi connectivity index (χ1v) is 10.1. The molecule has 2 fully saturated rings. The van der Waals surface area contributed by atoms with E-state index in [1.54, 1.807) is 0 Å². The third kappa shape index (κ3) is 4.00. The summed E-state index contributed by atoms with van der Waals surface area (Å²) in [5.74, 6) is 0. The SMILES string of the molecule is CS(=O)(=O)c1cc([N+](=O)[O-])c(NCC2CN(C3CC3)CCO2)s1. The Balaban J connectivity index is 1.67. The van der Waals surface area contributed by atoms with Crippen molar-refractivity contribution in [3.05, 3.63) is 16.2 Å². The zero-order valence-electron chi connectivity index (χ0n) is 12.7. The van der Waals surface area contributed by atoms with Crippen LogP contribution in [-0.4, -0.2) is 62.9 Å². The third-order valence-corrected chi connectivity index (χ3v) is 6.86.